The van der Waals surface area contributed by atoms with E-state index in [0.717, 1.165) is 106 Å². The number of oxazole rings is 1. The summed E-state index contributed by atoms with van der Waals surface area (Å²) < 4.78 is 34.4. The molecule has 0 bridgehead atoms. The van der Waals surface area contributed by atoms with Gasteiger partial charge in [-0.05, 0) is 307 Å². The van der Waals surface area contributed by atoms with Crippen molar-refractivity contribution in [3.05, 3.63) is 345 Å². The van der Waals surface area contributed by atoms with Crippen molar-refractivity contribution in [3.8, 4) is 45.6 Å². The van der Waals surface area contributed by atoms with Gasteiger partial charge in [-0.1, -0.05) is 294 Å². The molecule has 1 amide bonds. The molecule has 20 nitrogen and oxygen atoms in total. The Kier molecular flexibility index (Phi) is 52.1. The van der Waals surface area contributed by atoms with Crippen molar-refractivity contribution in [1.82, 2.24) is 54.0 Å². The van der Waals surface area contributed by atoms with E-state index in [2.05, 4.69) is 374 Å². The molecule has 0 saturated carbocycles. The van der Waals surface area contributed by atoms with E-state index in [-0.39, 0.29) is 11.7 Å². The summed E-state index contributed by atoms with van der Waals surface area (Å²) in [6, 6.07) is 66.1. The number of fused-ring (bicyclic) bond motifs is 2. The number of nitrogens with zero attached hydrogens (tertiary/aromatic N) is 12. The highest BCUT2D eigenvalue weighted by atomic mass is 32.1. The van der Waals surface area contributed by atoms with E-state index < -0.39 is 0 Å². The third-order valence-electron chi connectivity index (χ3n) is 25.0. The minimum absolute atomic E-state index is 0.161. The lowest BCUT2D eigenvalue weighted by molar-refractivity contribution is 0.0284. The average Bonchev–Trinajstić information content (AvgIpc) is 1.68. The summed E-state index contributed by atoms with van der Waals surface area (Å²) in [6.07, 6.45) is 23.7. The van der Waals surface area contributed by atoms with Gasteiger partial charge in [0.1, 0.15) is 29.4 Å². The SMILES string of the molecule is CC(C)C1=NN=NC1.CC(C)C1C=CCC1.CC(C)C1CCN(C(=O)OC(C)(C)C)C1.CC(C)c1c[nH]c2ccccc12.CC(C)c1cc[nH]c1.CC(C)c1ccc(-c2csnn2)cc1.CC(C)c1ccc2c(c1)OCO2.CC(C)c1ccco1.CC(C)c1ccncc1.CC(C)c1ccsc1.Cc1c(C(C)C)cnn1-c1ccccc1.Cc1ccn(-c2ccc(C(C)C)cc2)n1.Cc1nc(-c2ccccc2)oc1C(C)C. The quantitative estimate of drug-likeness (QED) is 0.0811. The van der Waals surface area contributed by atoms with Crippen molar-refractivity contribution in [1.29, 1.82) is 0 Å². The van der Waals surface area contributed by atoms with Crippen molar-refractivity contribution in [3.63, 3.8) is 0 Å². The third kappa shape index (κ3) is 42.6. The zero-order chi connectivity index (χ0) is 108. The second kappa shape index (κ2) is 63.1. The second-order valence-electron chi connectivity index (χ2n) is 42.4. The zero-order valence-corrected chi connectivity index (χ0v) is 95.9. The Morgan fingerprint density at radius 2 is 1.14 bits per heavy atom. The minimum atomic E-state index is -0.382. The number of likely N-dealkylation sites (tertiary alicyclic amines) is 1. The molecule has 15 aromatic rings. The number of hydrogen-bond donors (Lipinski definition) is 2. The van der Waals surface area contributed by atoms with Gasteiger partial charge in [0.15, 0.2) is 11.5 Å². The van der Waals surface area contributed by atoms with E-state index in [0.29, 0.717) is 90.3 Å². The number of para-hydroxylation sites is 2. The third-order valence-corrected chi connectivity index (χ3v) is 26.2. The topological polar surface area (TPSA) is 230 Å². The number of carbonyl (C=O) groups excluding carboxylic acids is 1. The molecule has 1 fully saturated rings. The number of pyridine rings is 1. The van der Waals surface area contributed by atoms with Gasteiger partial charge < -0.3 is 37.9 Å². The van der Waals surface area contributed by atoms with E-state index in [9.17, 15) is 4.79 Å². The number of amides is 1. The maximum absolute atomic E-state index is 11.7. The molecular formula is C125H172N14O6S2. The van der Waals surface area contributed by atoms with E-state index in [1.54, 1.807) is 17.6 Å². The molecule has 0 radical (unpaired) electrons. The number of benzene rings is 6. The van der Waals surface area contributed by atoms with E-state index >= 15 is 0 Å². The van der Waals surface area contributed by atoms with Gasteiger partial charge in [-0.3, -0.25) is 4.98 Å². The molecular weight excluding hydrogens is 1860 g/mol. The molecule has 0 spiro atoms. The van der Waals surface area contributed by atoms with Crippen LogP contribution in [0.2, 0.25) is 0 Å². The number of ether oxygens (including phenoxy) is 3. The summed E-state index contributed by atoms with van der Waals surface area (Å²) in [5.74, 6) is 13.7. The molecule has 1 saturated heterocycles. The molecule has 1 aliphatic carbocycles. The number of nitrogens with one attached hydrogen (secondary N) is 2. The minimum Gasteiger partial charge on any atom is -0.469 e. The molecule has 9 aromatic heterocycles. The molecule has 2 N–H and O–H groups in total. The van der Waals surface area contributed by atoms with Crippen LogP contribution in [0.4, 0.5) is 4.79 Å². The Morgan fingerprint density at radius 3 is 1.59 bits per heavy atom. The molecule has 12 heterocycles. The molecule has 22 heteroatoms. The maximum atomic E-state index is 11.7. The Hall–Kier alpha value is -12.7. The molecule has 147 heavy (non-hydrogen) atoms. The van der Waals surface area contributed by atoms with Gasteiger partial charge in [-0.25, -0.2) is 19.1 Å². The van der Waals surface area contributed by atoms with E-state index in [4.69, 9.17) is 23.0 Å². The lowest BCUT2D eigenvalue weighted by Gasteiger charge is -2.24. The number of thiophene rings is 1. The number of H-pyrrole nitrogens is 2. The number of hydrogen-bond acceptors (Lipinski definition) is 17. The van der Waals surface area contributed by atoms with Crippen LogP contribution >= 0.6 is 22.9 Å². The molecule has 19 rings (SSSR count). The standard InChI is InChI=1S/2C13H16N2.C13H15NO.C12H23NO2.C11H12N2S.C11H13N.C10H12O2.C8H11N.C8H14.C7H11N.C7H10O.C7H10S.C5H9N3/c1-10(2)12-4-6-13(7-5-12)15-9-8-11(3)14-15;1-10(2)13-9-14-15(11(13)3)12-7-5-4-6-8-12;1-9(2)12-10(3)14-13(15-12)11-7-5-4-6-8-11;1-9(2)10-6-7-13(8-10)11(14)15-12(3,4)5;1-8(2)9-3-5-10(6-4-9)11-7-14-13-12-11;1-8(2)10-7-12-11-6-4-3-5-9(10)11;1-7(2)8-3-4-9-10(5-8)12-6-11-9;1-7(2)8-3-5-9-6-4-8;1-7(2)8-5-3-4-6-8;1-6(2)7-3-4-8-5-7;1-6(2)7-4-3-5-8-7;1-6(2)7-3-4-8-5-7;1-4(2)5-3-6-8-7-5/h2*4-10H,1-3H3;4-9H,1-3H3;9-10H,6-8H2,1-5H3;3-8H,1-2H3;3-8,12H,1-2H3;3-5,7H,6H2,1-2H3;3-7H,1-2H3;3,5,7-8H,4,6H2,1-2H3;3-6,8H,1-2H3;2*3-6H,1-2H3;4H,3H2,1-2H3. The highest BCUT2D eigenvalue weighted by Gasteiger charge is 2.31. The Balaban J connectivity index is 0.000000217. The van der Waals surface area contributed by atoms with Crippen LogP contribution in [0.3, 0.4) is 0 Å². The number of allylic oxidation sites excluding steroid dienone is 2. The van der Waals surface area contributed by atoms with Crippen molar-refractivity contribution < 1.29 is 27.8 Å². The summed E-state index contributed by atoms with van der Waals surface area (Å²) >= 11 is 3.15. The molecule has 6 aromatic carbocycles. The van der Waals surface area contributed by atoms with Crippen molar-refractivity contribution in [2.75, 3.05) is 26.4 Å². The lowest BCUT2D eigenvalue weighted by atomic mass is 9.95. The average molecular weight is 2030 g/mol. The van der Waals surface area contributed by atoms with Gasteiger partial charge >= 0.3 is 6.09 Å². The van der Waals surface area contributed by atoms with Gasteiger partial charge in [0.2, 0.25) is 12.7 Å². The number of aromatic nitrogens is 10. The first-order valence-corrected chi connectivity index (χ1v) is 54.5. The predicted octanol–water partition coefficient (Wildman–Crippen LogP) is 36.1. The largest absolute Gasteiger partial charge is 0.469 e. The van der Waals surface area contributed by atoms with Gasteiger partial charge in [-0.2, -0.15) is 26.6 Å². The van der Waals surface area contributed by atoms with E-state index in [1.165, 1.54) is 85.5 Å². The number of rotatable bonds is 17. The van der Waals surface area contributed by atoms with Gasteiger partial charge in [-0.15, -0.1) is 10.2 Å². The molecule has 4 aliphatic rings. The Morgan fingerprint density at radius 1 is 0.537 bits per heavy atom. The number of aromatic amines is 2. The van der Waals surface area contributed by atoms with Crippen LogP contribution in [0.15, 0.2) is 296 Å². The molecule has 790 valence electrons. The van der Waals surface area contributed by atoms with Crippen molar-refractivity contribution >= 4 is 45.6 Å². The Labute approximate surface area is 889 Å². The zero-order valence-electron chi connectivity index (χ0n) is 94.2. The van der Waals surface area contributed by atoms with Crippen LogP contribution in [-0.2, 0) is 4.74 Å². The summed E-state index contributed by atoms with van der Waals surface area (Å²) in [7, 11) is 0. The highest BCUT2D eigenvalue weighted by Crippen LogP contribution is 2.36. The summed E-state index contributed by atoms with van der Waals surface area (Å²) in [5.41, 5.74) is 21.5. The summed E-state index contributed by atoms with van der Waals surface area (Å²) in [5, 5.41) is 31.5. The van der Waals surface area contributed by atoms with Crippen LogP contribution in [0.25, 0.3) is 45.0 Å². The lowest BCUT2D eigenvalue weighted by Crippen LogP contribution is -2.35. The summed E-state index contributed by atoms with van der Waals surface area (Å²) in [6.45, 7) is 71.3. The van der Waals surface area contributed by atoms with Gasteiger partial charge in [0, 0.05) is 95.2 Å². The number of aryl methyl sites for hydroxylation is 2. The monoisotopic (exact) mass is 2030 g/mol. The second-order valence-corrected chi connectivity index (χ2v) is 43.8. The first-order chi connectivity index (χ1) is 70.0. The smallest absolute Gasteiger partial charge is 0.410 e. The predicted molar refractivity (Wildman–Crippen MR) is 618 cm³/mol. The summed E-state index contributed by atoms with van der Waals surface area (Å²) in [4.78, 5) is 28.2. The number of furan rings is 1. The van der Waals surface area contributed by atoms with Gasteiger partial charge in [0.25, 0.3) is 0 Å². The first-order valence-electron chi connectivity index (χ1n) is 52.7. The maximum Gasteiger partial charge on any atom is 0.410 e. The van der Waals surface area contributed by atoms with Crippen LogP contribution < -0.4 is 9.47 Å². The van der Waals surface area contributed by atoms with Gasteiger partial charge in [0.05, 0.1) is 40.9 Å². The fourth-order valence-corrected chi connectivity index (χ4v) is 16.7. The molecule has 2 atom stereocenters. The molecule has 3 aliphatic heterocycles. The van der Waals surface area contributed by atoms with Crippen LogP contribution in [0.5, 0.6) is 11.5 Å². The van der Waals surface area contributed by atoms with Crippen molar-refractivity contribution in [2.24, 2.45) is 45.0 Å². The number of carbonyl (C=O) groups is 1. The fourth-order valence-electron chi connectivity index (χ4n) is 15.4. The van der Waals surface area contributed by atoms with Crippen LogP contribution in [0.1, 0.15) is 352 Å². The first kappa shape index (κ1) is 121. The fraction of sp³-hybridized carbons (Fsp3) is 0.440. The van der Waals surface area contributed by atoms with Crippen LogP contribution in [-0.4, -0.2) is 97.8 Å². The Bertz CT molecular complexity index is 6060. The van der Waals surface area contributed by atoms with E-state index in [1.807, 2.05) is 182 Å². The highest BCUT2D eigenvalue weighted by molar-refractivity contribution is 7.08. The normalized spacial score (nSPS) is 13.5. The van der Waals surface area contributed by atoms with Crippen LogP contribution in [0, 0.1) is 50.4 Å². The molecule has 2 unspecified atom stereocenters. The van der Waals surface area contributed by atoms with Crippen molar-refractivity contribution in [2.45, 2.75) is 306 Å².